The molecule has 2 rings (SSSR count). The normalized spacial score (nSPS) is 20.4. The highest BCUT2D eigenvalue weighted by molar-refractivity contribution is 8.14. The summed E-state index contributed by atoms with van der Waals surface area (Å²) in [4.78, 5) is 21.1. The van der Waals surface area contributed by atoms with Crippen LogP contribution < -0.4 is 0 Å². The topological polar surface area (TPSA) is 80.2 Å². The highest BCUT2D eigenvalue weighted by atomic mass is 35.7. The molecule has 6 nitrogen and oxygen atoms in total. The number of nitrogens with zero attached hydrogens (tertiary/aromatic N) is 3. The number of carbonyl (C=O) groups is 1. The van der Waals surface area contributed by atoms with E-state index in [-0.39, 0.29) is 18.9 Å². The molecule has 8 heteroatoms. The number of rotatable bonds is 4. The second-order valence-electron chi connectivity index (χ2n) is 4.09. The summed E-state index contributed by atoms with van der Waals surface area (Å²) < 4.78 is 22.3. The highest BCUT2D eigenvalue weighted by Gasteiger charge is 2.36. The lowest BCUT2D eigenvalue weighted by molar-refractivity contribution is -0.127. The number of likely N-dealkylation sites (tertiary alicyclic amines) is 1. The van der Waals surface area contributed by atoms with Gasteiger partial charge in [0.2, 0.25) is 15.0 Å². The molecule has 1 fully saturated rings. The average molecular weight is 290 g/mol. The average Bonchev–Trinajstić information content (AvgIpc) is 2.69. The summed E-state index contributed by atoms with van der Waals surface area (Å²) in [7, 11) is 1.59. The van der Waals surface area contributed by atoms with Gasteiger partial charge in [-0.3, -0.25) is 14.8 Å². The number of halogens is 1. The van der Waals surface area contributed by atoms with Crippen molar-refractivity contribution in [1.29, 1.82) is 0 Å². The van der Waals surface area contributed by atoms with Gasteiger partial charge in [0.25, 0.3) is 0 Å². The minimum absolute atomic E-state index is 0.0354. The zero-order chi connectivity index (χ0) is 13.2. The zero-order valence-corrected chi connectivity index (χ0v) is 11.1. The van der Waals surface area contributed by atoms with Crippen LogP contribution in [0, 0.1) is 0 Å². The molecule has 0 aliphatic carbocycles. The van der Waals surface area contributed by atoms with Crippen LogP contribution in [0.1, 0.15) is 12.1 Å². The molecule has 2 heterocycles. The Balaban J connectivity index is 1.94. The second kappa shape index (κ2) is 5.19. The molecule has 18 heavy (non-hydrogen) atoms. The van der Waals surface area contributed by atoms with Crippen molar-refractivity contribution < 1.29 is 13.2 Å². The lowest BCUT2D eigenvalue weighted by atomic mass is 10.3. The van der Waals surface area contributed by atoms with Gasteiger partial charge < -0.3 is 4.90 Å². The summed E-state index contributed by atoms with van der Waals surface area (Å²) >= 11 is 0. The molecule has 0 N–H and O–H groups in total. The smallest absolute Gasteiger partial charge is 0.237 e. The molecule has 1 aliphatic rings. The fraction of sp³-hybridized carbons (Fsp3) is 0.500. The lowest BCUT2D eigenvalue weighted by Gasteiger charge is -2.15. The van der Waals surface area contributed by atoms with Gasteiger partial charge in [0.05, 0.1) is 5.69 Å². The first-order valence-corrected chi connectivity index (χ1v) is 7.80. The molecular weight excluding hydrogens is 278 g/mol. The summed E-state index contributed by atoms with van der Waals surface area (Å²) in [5.41, 5.74) is 0.766. The van der Waals surface area contributed by atoms with E-state index >= 15 is 0 Å². The van der Waals surface area contributed by atoms with Gasteiger partial charge in [-0.2, -0.15) is 0 Å². The minimum atomic E-state index is -3.67. The van der Waals surface area contributed by atoms with Crippen molar-refractivity contribution in [1.82, 2.24) is 14.9 Å². The number of hydrogen-bond donors (Lipinski definition) is 0. The second-order valence-corrected chi connectivity index (χ2v) is 7.00. The van der Waals surface area contributed by atoms with Gasteiger partial charge in [-0.05, 0) is 0 Å². The first kappa shape index (κ1) is 13.2. The predicted molar refractivity (Wildman–Crippen MR) is 65.5 cm³/mol. The number of carbonyl (C=O) groups excluding carboxylic acids is 1. The van der Waals surface area contributed by atoms with Crippen molar-refractivity contribution in [3.8, 4) is 0 Å². The standard InChI is InChI=1S/C10H12ClN3O3S/c11-18(16,17)9-5-10(15)14(7-9)4-1-8-6-12-2-3-13-8/h2-3,6,9H,1,4-5,7H2. The molecule has 0 aromatic carbocycles. The third kappa shape index (κ3) is 3.17. The van der Waals surface area contributed by atoms with Gasteiger partial charge in [-0.1, -0.05) is 0 Å². The fourth-order valence-corrected chi connectivity index (χ4v) is 2.91. The Morgan fingerprint density at radius 1 is 1.44 bits per heavy atom. The summed E-state index contributed by atoms with van der Waals surface area (Å²) in [6, 6.07) is 0. The number of aromatic nitrogens is 2. The van der Waals surface area contributed by atoms with E-state index in [2.05, 4.69) is 9.97 Å². The van der Waals surface area contributed by atoms with Crippen LogP contribution in [0.2, 0.25) is 0 Å². The summed E-state index contributed by atoms with van der Waals surface area (Å²) in [5, 5.41) is -0.798. The Bertz CT molecular complexity index is 535. The molecule has 1 atom stereocenters. The maximum absolute atomic E-state index is 11.6. The molecule has 1 saturated heterocycles. The van der Waals surface area contributed by atoms with E-state index in [0.29, 0.717) is 13.0 Å². The van der Waals surface area contributed by atoms with Crippen molar-refractivity contribution in [3.63, 3.8) is 0 Å². The molecule has 0 spiro atoms. The predicted octanol–water partition coefficient (Wildman–Crippen LogP) is 0.189. The Kier molecular flexibility index (Phi) is 3.82. The molecule has 0 saturated carbocycles. The molecule has 1 aliphatic heterocycles. The van der Waals surface area contributed by atoms with Crippen LogP contribution in [-0.4, -0.2) is 47.5 Å². The van der Waals surface area contributed by atoms with Gasteiger partial charge in [-0.15, -0.1) is 0 Å². The van der Waals surface area contributed by atoms with Crippen molar-refractivity contribution in [2.45, 2.75) is 18.1 Å². The maximum atomic E-state index is 11.6. The van der Waals surface area contributed by atoms with Crippen LogP contribution in [0.4, 0.5) is 0 Å². The van der Waals surface area contributed by atoms with Gasteiger partial charge in [0.1, 0.15) is 5.25 Å². The summed E-state index contributed by atoms with van der Waals surface area (Å²) in [5.74, 6) is -0.187. The van der Waals surface area contributed by atoms with E-state index in [4.69, 9.17) is 10.7 Å². The first-order chi connectivity index (χ1) is 8.47. The van der Waals surface area contributed by atoms with E-state index in [9.17, 15) is 13.2 Å². The zero-order valence-electron chi connectivity index (χ0n) is 9.49. The molecule has 98 valence electrons. The van der Waals surface area contributed by atoms with Crippen LogP contribution in [0.3, 0.4) is 0 Å². The Hall–Kier alpha value is -1.21. The van der Waals surface area contributed by atoms with Crippen LogP contribution in [0.5, 0.6) is 0 Å². The fourth-order valence-electron chi connectivity index (χ4n) is 1.85. The van der Waals surface area contributed by atoms with Crippen LogP contribution in [0.15, 0.2) is 18.6 Å². The van der Waals surface area contributed by atoms with Gasteiger partial charge >= 0.3 is 0 Å². The SMILES string of the molecule is O=C1CC(S(=O)(=O)Cl)CN1CCc1cnccn1. The summed E-state index contributed by atoms with van der Waals surface area (Å²) in [6.07, 6.45) is 5.28. The minimum Gasteiger partial charge on any atom is -0.341 e. The van der Waals surface area contributed by atoms with Crippen molar-refractivity contribution in [2.24, 2.45) is 0 Å². The summed E-state index contributed by atoms with van der Waals surface area (Å²) in [6.45, 7) is 0.589. The van der Waals surface area contributed by atoms with E-state index in [0.717, 1.165) is 5.69 Å². The Labute approximate surface area is 109 Å². The van der Waals surface area contributed by atoms with Gasteiger partial charge in [0, 0.05) is 55.2 Å². The molecule has 0 bridgehead atoms. The molecular formula is C10H12ClN3O3S. The van der Waals surface area contributed by atoms with Crippen molar-refractivity contribution in [3.05, 3.63) is 24.3 Å². The molecule has 1 unspecified atom stereocenters. The molecule has 1 amide bonds. The molecule has 1 aromatic rings. The van der Waals surface area contributed by atoms with Gasteiger partial charge in [-0.25, -0.2) is 8.42 Å². The highest BCUT2D eigenvalue weighted by Crippen LogP contribution is 2.21. The van der Waals surface area contributed by atoms with Crippen molar-refractivity contribution >= 4 is 25.6 Å². The van der Waals surface area contributed by atoms with E-state index < -0.39 is 14.3 Å². The number of amides is 1. The van der Waals surface area contributed by atoms with Crippen LogP contribution in [0.25, 0.3) is 0 Å². The van der Waals surface area contributed by atoms with E-state index in [1.807, 2.05) is 0 Å². The van der Waals surface area contributed by atoms with E-state index in [1.165, 1.54) is 4.90 Å². The van der Waals surface area contributed by atoms with Gasteiger partial charge in [0.15, 0.2) is 0 Å². The third-order valence-electron chi connectivity index (χ3n) is 2.83. The van der Waals surface area contributed by atoms with Crippen LogP contribution >= 0.6 is 10.7 Å². The molecule has 0 radical (unpaired) electrons. The lowest BCUT2D eigenvalue weighted by Crippen LogP contribution is -2.29. The van der Waals surface area contributed by atoms with Crippen LogP contribution in [-0.2, 0) is 20.3 Å². The number of hydrogen-bond acceptors (Lipinski definition) is 5. The Morgan fingerprint density at radius 3 is 2.78 bits per heavy atom. The third-order valence-corrected chi connectivity index (χ3v) is 4.70. The largest absolute Gasteiger partial charge is 0.341 e. The quantitative estimate of drug-likeness (QED) is 0.739. The molecule has 1 aromatic heterocycles. The first-order valence-electron chi connectivity index (χ1n) is 5.43. The maximum Gasteiger partial charge on any atom is 0.237 e. The Morgan fingerprint density at radius 2 is 2.22 bits per heavy atom. The van der Waals surface area contributed by atoms with E-state index in [1.54, 1.807) is 18.6 Å². The monoisotopic (exact) mass is 289 g/mol. The van der Waals surface area contributed by atoms with Crippen molar-refractivity contribution in [2.75, 3.05) is 13.1 Å².